The number of carbonyl (C=O) groups is 2. The minimum absolute atomic E-state index is 0.0545. The van der Waals surface area contributed by atoms with Crippen LogP contribution in [0.15, 0.2) is 35.2 Å². The van der Waals surface area contributed by atoms with Crippen LogP contribution in [-0.2, 0) is 19.6 Å². The zero-order valence-corrected chi connectivity index (χ0v) is 20.0. The molecule has 0 unspecified atom stereocenters. The number of nitrogens with zero attached hydrogens (tertiary/aromatic N) is 1. The van der Waals surface area contributed by atoms with Crippen LogP contribution in [-0.4, -0.2) is 63.0 Å². The summed E-state index contributed by atoms with van der Waals surface area (Å²) in [6.45, 7) is 7.76. The van der Waals surface area contributed by atoms with Crippen molar-refractivity contribution in [2.75, 3.05) is 35.9 Å². The molecule has 0 bridgehead atoms. The molecule has 0 radical (unpaired) electrons. The fourth-order valence-corrected chi connectivity index (χ4v) is 4.65. The number of ether oxygens (including phenoxy) is 1. The van der Waals surface area contributed by atoms with Gasteiger partial charge >= 0.3 is 18.1 Å². The maximum absolute atomic E-state index is 12.9. The fourth-order valence-electron chi connectivity index (χ4n) is 3.28. The summed E-state index contributed by atoms with van der Waals surface area (Å²) in [5.74, 6) is -3.86. The number of aromatic carboxylic acids is 1. The molecular formula is C22H25F3N2O7S. The standard InChI is InChI=1S/C20H24N2O5S.C2HF3O2/c1-13-10-15(3)19(11-14(13)2)28(25,26)21-16-4-5-18(17(12-16)20(23)24)22-6-8-27-9-7-22;3-2(4,5)1(6)7/h4-5,10-12,21H,6-9H2,1-3H3,(H,23,24);(H,6,7). The van der Waals surface area contributed by atoms with E-state index in [0.29, 0.717) is 37.6 Å². The van der Waals surface area contributed by atoms with Crippen molar-refractivity contribution in [1.29, 1.82) is 0 Å². The molecule has 0 aromatic heterocycles. The maximum atomic E-state index is 12.9. The molecular weight excluding hydrogens is 493 g/mol. The highest BCUT2D eigenvalue weighted by atomic mass is 32.2. The first-order valence-electron chi connectivity index (χ1n) is 10.2. The van der Waals surface area contributed by atoms with E-state index in [4.69, 9.17) is 14.6 Å². The van der Waals surface area contributed by atoms with E-state index >= 15 is 0 Å². The average molecular weight is 519 g/mol. The Labute approximate surface area is 200 Å². The number of morpholine rings is 1. The van der Waals surface area contributed by atoms with E-state index in [9.17, 15) is 31.5 Å². The van der Waals surface area contributed by atoms with Gasteiger partial charge in [0.2, 0.25) is 0 Å². The summed E-state index contributed by atoms with van der Waals surface area (Å²) in [5, 5.41) is 16.7. The zero-order valence-electron chi connectivity index (χ0n) is 19.1. The molecule has 35 heavy (non-hydrogen) atoms. The number of carboxylic acids is 2. The number of sulfonamides is 1. The van der Waals surface area contributed by atoms with Gasteiger partial charge in [0.05, 0.1) is 29.4 Å². The Morgan fingerprint density at radius 2 is 1.51 bits per heavy atom. The van der Waals surface area contributed by atoms with Gasteiger partial charge in [-0.3, -0.25) is 4.72 Å². The SMILES string of the molecule is Cc1cc(C)c(S(=O)(=O)Nc2ccc(N3CCOCC3)c(C(=O)O)c2)cc1C.O=C(O)C(F)(F)F. The molecule has 0 saturated carbocycles. The lowest BCUT2D eigenvalue weighted by Crippen LogP contribution is -2.37. The second-order valence-electron chi connectivity index (χ2n) is 7.75. The van der Waals surface area contributed by atoms with Gasteiger partial charge < -0.3 is 19.8 Å². The summed E-state index contributed by atoms with van der Waals surface area (Å²) >= 11 is 0. The minimum Gasteiger partial charge on any atom is -0.478 e. The number of benzene rings is 2. The summed E-state index contributed by atoms with van der Waals surface area (Å²) in [6.07, 6.45) is -5.08. The van der Waals surface area contributed by atoms with Gasteiger partial charge in [-0.2, -0.15) is 13.2 Å². The molecule has 1 heterocycles. The first-order chi connectivity index (χ1) is 16.1. The molecule has 1 aliphatic rings. The largest absolute Gasteiger partial charge is 0.490 e. The van der Waals surface area contributed by atoms with E-state index in [1.807, 2.05) is 24.8 Å². The lowest BCUT2D eigenvalue weighted by Gasteiger charge is -2.30. The number of nitrogens with one attached hydrogen (secondary N) is 1. The molecule has 2 aromatic carbocycles. The van der Waals surface area contributed by atoms with Crippen molar-refractivity contribution in [3.05, 3.63) is 52.6 Å². The number of halogens is 3. The van der Waals surface area contributed by atoms with Crippen LogP contribution in [0.2, 0.25) is 0 Å². The van der Waals surface area contributed by atoms with Gasteiger partial charge in [0, 0.05) is 18.8 Å². The van der Waals surface area contributed by atoms with Crippen molar-refractivity contribution in [3.63, 3.8) is 0 Å². The van der Waals surface area contributed by atoms with Gasteiger partial charge in [0.25, 0.3) is 10.0 Å². The summed E-state index contributed by atoms with van der Waals surface area (Å²) in [7, 11) is -3.84. The van der Waals surface area contributed by atoms with Gasteiger partial charge in [-0.1, -0.05) is 6.07 Å². The van der Waals surface area contributed by atoms with Crippen molar-refractivity contribution >= 4 is 33.3 Å². The molecule has 3 N–H and O–H groups in total. The maximum Gasteiger partial charge on any atom is 0.490 e. The van der Waals surface area contributed by atoms with Gasteiger partial charge in [0.15, 0.2) is 0 Å². The van der Waals surface area contributed by atoms with Gasteiger partial charge in [-0.15, -0.1) is 0 Å². The zero-order chi connectivity index (χ0) is 26.6. The number of hydrogen-bond acceptors (Lipinski definition) is 6. The highest BCUT2D eigenvalue weighted by molar-refractivity contribution is 7.92. The van der Waals surface area contributed by atoms with Gasteiger partial charge in [-0.05, 0) is 61.7 Å². The van der Waals surface area contributed by atoms with Crippen molar-refractivity contribution in [3.8, 4) is 0 Å². The van der Waals surface area contributed by atoms with Crippen LogP contribution in [0, 0.1) is 20.8 Å². The smallest absolute Gasteiger partial charge is 0.478 e. The molecule has 0 atom stereocenters. The number of alkyl halides is 3. The molecule has 0 amide bonds. The number of rotatable bonds is 5. The van der Waals surface area contributed by atoms with Crippen LogP contribution in [0.5, 0.6) is 0 Å². The number of aryl methyl sites for hydroxylation is 3. The van der Waals surface area contributed by atoms with Crippen LogP contribution < -0.4 is 9.62 Å². The monoisotopic (exact) mass is 518 g/mol. The van der Waals surface area contributed by atoms with Crippen LogP contribution in [0.1, 0.15) is 27.0 Å². The minimum atomic E-state index is -5.08. The first-order valence-corrected chi connectivity index (χ1v) is 11.7. The highest BCUT2D eigenvalue weighted by Crippen LogP contribution is 2.28. The van der Waals surface area contributed by atoms with Crippen molar-refractivity contribution < 1.29 is 46.1 Å². The van der Waals surface area contributed by atoms with E-state index in [2.05, 4.69) is 4.72 Å². The third-order valence-electron chi connectivity index (χ3n) is 5.15. The molecule has 13 heteroatoms. The number of anilines is 2. The van der Waals surface area contributed by atoms with E-state index in [0.717, 1.165) is 11.1 Å². The Bertz CT molecular complexity index is 1210. The summed E-state index contributed by atoms with van der Waals surface area (Å²) < 4.78 is 65.3. The third-order valence-corrected chi connectivity index (χ3v) is 6.68. The number of aliphatic carboxylic acids is 1. The first kappa shape index (κ1) is 27.9. The second kappa shape index (κ2) is 11.0. The molecule has 9 nitrogen and oxygen atoms in total. The molecule has 1 fully saturated rings. The summed E-state index contributed by atoms with van der Waals surface area (Å²) in [5.41, 5.74) is 3.35. The Hall–Kier alpha value is -3.32. The van der Waals surface area contributed by atoms with E-state index in [-0.39, 0.29) is 16.1 Å². The predicted molar refractivity (Wildman–Crippen MR) is 122 cm³/mol. The lowest BCUT2D eigenvalue weighted by molar-refractivity contribution is -0.192. The van der Waals surface area contributed by atoms with Crippen molar-refractivity contribution in [2.45, 2.75) is 31.8 Å². The quantitative estimate of drug-likeness (QED) is 0.547. The Morgan fingerprint density at radius 1 is 0.971 bits per heavy atom. The molecule has 1 aliphatic heterocycles. The van der Waals surface area contributed by atoms with E-state index in [1.165, 1.54) is 6.07 Å². The van der Waals surface area contributed by atoms with Crippen LogP contribution >= 0.6 is 0 Å². The van der Waals surface area contributed by atoms with Crippen molar-refractivity contribution in [2.24, 2.45) is 0 Å². The molecule has 3 rings (SSSR count). The van der Waals surface area contributed by atoms with Gasteiger partial charge in [-0.25, -0.2) is 18.0 Å². The predicted octanol–water partition coefficient (Wildman–Crippen LogP) is 3.58. The Balaban J connectivity index is 0.000000540. The van der Waals surface area contributed by atoms with Crippen molar-refractivity contribution in [1.82, 2.24) is 0 Å². The number of hydrogen-bond donors (Lipinski definition) is 3. The molecule has 192 valence electrons. The summed E-state index contributed by atoms with van der Waals surface area (Å²) in [6, 6.07) is 8.05. The summed E-state index contributed by atoms with van der Waals surface area (Å²) in [4.78, 5) is 22.8. The Morgan fingerprint density at radius 3 is 2.03 bits per heavy atom. The Kier molecular flexibility index (Phi) is 8.74. The molecule has 2 aromatic rings. The van der Waals surface area contributed by atoms with E-state index in [1.54, 1.807) is 25.1 Å². The molecule has 0 aliphatic carbocycles. The van der Waals surface area contributed by atoms with Crippen LogP contribution in [0.25, 0.3) is 0 Å². The molecule has 0 spiro atoms. The van der Waals surface area contributed by atoms with Crippen LogP contribution in [0.4, 0.5) is 24.5 Å². The number of carboxylic acid groups (broad SMARTS) is 2. The lowest BCUT2D eigenvalue weighted by atomic mass is 10.1. The fraction of sp³-hybridized carbons (Fsp3) is 0.364. The molecule has 1 saturated heterocycles. The normalized spacial score (nSPS) is 14.1. The van der Waals surface area contributed by atoms with Crippen LogP contribution in [0.3, 0.4) is 0 Å². The van der Waals surface area contributed by atoms with Gasteiger partial charge in [0.1, 0.15) is 0 Å². The third kappa shape index (κ3) is 7.33. The average Bonchev–Trinajstić information content (AvgIpc) is 2.76. The van der Waals surface area contributed by atoms with E-state index < -0.39 is 28.1 Å². The second-order valence-corrected chi connectivity index (χ2v) is 9.40. The highest BCUT2D eigenvalue weighted by Gasteiger charge is 2.38. The topological polar surface area (TPSA) is 133 Å².